The highest BCUT2D eigenvalue weighted by atomic mass is 35.5. The number of carbonyl (C=O) groups excluding carboxylic acids is 1. The predicted molar refractivity (Wildman–Crippen MR) is 123 cm³/mol. The van der Waals surface area contributed by atoms with Crippen LogP contribution in [0.4, 0.5) is 17.1 Å². The number of hydrogen-bond acceptors (Lipinski definition) is 5. The molecule has 0 bridgehead atoms. The largest absolute Gasteiger partial charge is 0.463 e. The Bertz CT molecular complexity index is 1140. The van der Waals surface area contributed by atoms with Crippen molar-refractivity contribution in [3.63, 3.8) is 0 Å². The lowest BCUT2D eigenvalue weighted by molar-refractivity contribution is -0.147. The molecule has 2 atom stereocenters. The van der Waals surface area contributed by atoms with Gasteiger partial charge in [0.05, 0.1) is 18.0 Å². The smallest absolute Gasteiger partial charge is 0.349 e. The molecule has 1 aliphatic rings. The van der Waals surface area contributed by atoms with Gasteiger partial charge in [-0.25, -0.2) is 4.79 Å². The number of fused-ring (bicyclic) bond motifs is 1. The van der Waals surface area contributed by atoms with E-state index < -0.39 is 17.6 Å². The third-order valence-corrected chi connectivity index (χ3v) is 5.66. The van der Waals surface area contributed by atoms with E-state index in [4.69, 9.17) is 16.3 Å². The number of nitrogens with one attached hydrogen (secondary N) is 1. The first kappa shape index (κ1) is 20.8. The van der Waals surface area contributed by atoms with Crippen molar-refractivity contribution in [2.45, 2.75) is 25.4 Å². The molecule has 0 saturated heterocycles. The van der Waals surface area contributed by atoms with Gasteiger partial charge >= 0.3 is 5.97 Å². The standard InChI is InChI=1S/C25H22ClN3O2/c1-3-31-24(30)25(16-27)23(18-7-5-4-6-8-18)29(20-12-9-17(2)10-13-20)22-15-19(26)11-14-21(22)28-25/h4-15,23,28H,3H2,1-2H3/t23-,25-/m0/s1. The summed E-state index contributed by atoms with van der Waals surface area (Å²) in [5.41, 5.74) is 2.50. The molecule has 0 saturated carbocycles. The fraction of sp³-hybridized carbons (Fsp3) is 0.200. The summed E-state index contributed by atoms with van der Waals surface area (Å²) in [5, 5.41) is 14.1. The quantitative estimate of drug-likeness (QED) is 0.530. The zero-order valence-electron chi connectivity index (χ0n) is 17.3. The fourth-order valence-electron chi connectivity index (χ4n) is 3.99. The number of halogens is 1. The van der Waals surface area contributed by atoms with E-state index in [1.54, 1.807) is 19.1 Å². The van der Waals surface area contributed by atoms with Crippen LogP contribution in [-0.2, 0) is 9.53 Å². The van der Waals surface area contributed by atoms with E-state index in [1.165, 1.54) is 0 Å². The van der Waals surface area contributed by atoms with Gasteiger partial charge in [0.15, 0.2) is 0 Å². The van der Waals surface area contributed by atoms with Crippen molar-refractivity contribution in [2.75, 3.05) is 16.8 Å². The summed E-state index contributed by atoms with van der Waals surface area (Å²) in [6, 6.07) is 24.4. The van der Waals surface area contributed by atoms with Gasteiger partial charge in [0.2, 0.25) is 5.54 Å². The highest BCUT2D eigenvalue weighted by molar-refractivity contribution is 6.31. The Morgan fingerprint density at radius 1 is 1.16 bits per heavy atom. The van der Waals surface area contributed by atoms with E-state index in [1.807, 2.05) is 72.5 Å². The summed E-state index contributed by atoms with van der Waals surface area (Å²) < 4.78 is 5.39. The number of esters is 1. The zero-order chi connectivity index (χ0) is 22.0. The first-order chi connectivity index (χ1) is 15.0. The summed E-state index contributed by atoms with van der Waals surface area (Å²) >= 11 is 6.35. The monoisotopic (exact) mass is 431 g/mol. The predicted octanol–water partition coefficient (Wildman–Crippen LogP) is 5.78. The van der Waals surface area contributed by atoms with E-state index in [9.17, 15) is 10.1 Å². The van der Waals surface area contributed by atoms with E-state index in [0.29, 0.717) is 10.7 Å². The maximum Gasteiger partial charge on any atom is 0.349 e. The Morgan fingerprint density at radius 3 is 2.52 bits per heavy atom. The molecule has 4 rings (SSSR count). The van der Waals surface area contributed by atoms with E-state index in [2.05, 4.69) is 11.4 Å². The molecule has 0 unspecified atom stereocenters. The number of anilines is 3. The van der Waals surface area contributed by atoms with Crippen LogP contribution in [-0.4, -0.2) is 18.1 Å². The van der Waals surface area contributed by atoms with Crippen molar-refractivity contribution in [3.8, 4) is 6.07 Å². The van der Waals surface area contributed by atoms with E-state index in [0.717, 1.165) is 22.5 Å². The lowest BCUT2D eigenvalue weighted by Gasteiger charge is -2.47. The molecule has 1 N–H and O–H groups in total. The molecule has 3 aromatic rings. The van der Waals surface area contributed by atoms with Crippen LogP contribution in [0.25, 0.3) is 0 Å². The molecule has 5 nitrogen and oxygen atoms in total. The Labute approximate surface area is 186 Å². The molecule has 6 heteroatoms. The van der Waals surface area contributed by atoms with Gasteiger partial charge in [-0.3, -0.25) is 0 Å². The molecule has 0 amide bonds. The van der Waals surface area contributed by atoms with Crippen LogP contribution in [0.5, 0.6) is 0 Å². The van der Waals surface area contributed by atoms with Crippen LogP contribution in [0.3, 0.4) is 0 Å². The van der Waals surface area contributed by atoms with Gasteiger partial charge < -0.3 is 15.0 Å². The molecular weight excluding hydrogens is 410 g/mol. The van der Waals surface area contributed by atoms with Crippen LogP contribution in [0.1, 0.15) is 24.1 Å². The minimum Gasteiger partial charge on any atom is -0.463 e. The average Bonchev–Trinajstić information content (AvgIpc) is 2.79. The fourth-order valence-corrected chi connectivity index (χ4v) is 4.16. The third-order valence-electron chi connectivity index (χ3n) is 5.42. The van der Waals surface area contributed by atoms with Crippen LogP contribution >= 0.6 is 11.6 Å². The maximum absolute atomic E-state index is 13.3. The summed E-state index contributed by atoms with van der Waals surface area (Å²) in [6.07, 6.45) is 0. The number of ether oxygens (including phenoxy) is 1. The Hall–Kier alpha value is -3.49. The van der Waals surface area contributed by atoms with Gasteiger partial charge in [-0.1, -0.05) is 59.6 Å². The average molecular weight is 432 g/mol. The number of nitrogens with zero attached hydrogens (tertiary/aromatic N) is 2. The molecule has 0 aliphatic carbocycles. The second-order valence-electron chi connectivity index (χ2n) is 7.45. The minimum atomic E-state index is -1.66. The zero-order valence-corrected chi connectivity index (χ0v) is 18.1. The minimum absolute atomic E-state index is 0.170. The molecule has 31 heavy (non-hydrogen) atoms. The van der Waals surface area contributed by atoms with Crippen molar-refractivity contribution < 1.29 is 9.53 Å². The first-order valence-corrected chi connectivity index (χ1v) is 10.4. The van der Waals surface area contributed by atoms with Crippen molar-refractivity contribution in [1.82, 2.24) is 0 Å². The number of rotatable bonds is 4. The van der Waals surface area contributed by atoms with Crippen molar-refractivity contribution in [2.24, 2.45) is 0 Å². The van der Waals surface area contributed by atoms with Crippen LogP contribution in [0, 0.1) is 18.3 Å². The van der Waals surface area contributed by atoms with Gasteiger partial charge in [-0.05, 0) is 49.7 Å². The number of aryl methyl sites for hydroxylation is 1. The summed E-state index contributed by atoms with van der Waals surface area (Å²) in [7, 11) is 0. The van der Waals surface area contributed by atoms with E-state index >= 15 is 0 Å². The van der Waals surface area contributed by atoms with Crippen LogP contribution < -0.4 is 10.2 Å². The van der Waals surface area contributed by atoms with Crippen molar-refractivity contribution in [3.05, 3.63) is 88.9 Å². The summed E-state index contributed by atoms with van der Waals surface area (Å²) in [6.45, 7) is 3.91. The van der Waals surface area contributed by atoms with Gasteiger partial charge in [-0.2, -0.15) is 5.26 Å². The Kier molecular flexibility index (Phi) is 5.58. The lowest BCUT2D eigenvalue weighted by atomic mass is 9.81. The molecule has 0 fully saturated rings. The first-order valence-electron chi connectivity index (χ1n) is 10.1. The summed E-state index contributed by atoms with van der Waals surface area (Å²) in [5.74, 6) is -0.621. The second kappa shape index (κ2) is 8.33. The molecule has 1 aliphatic heterocycles. The third kappa shape index (κ3) is 3.60. The number of hydrogen-bond donors (Lipinski definition) is 1. The molecule has 1 heterocycles. The van der Waals surface area contributed by atoms with Gasteiger partial charge in [-0.15, -0.1) is 0 Å². The molecule has 0 spiro atoms. The van der Waals surface area contributed by atoms with Gasteiger partial charge in [0.25, 0.3) is 0 Å². The second-order valence-corrected chi connectivity index (χ2v) is 7.88. The highest BCUT2D eigenvalue weighted by Gasteiger charge is 2.55. The van der Waals surface area contributed by atoms with Crippen LogP contribution in [0.15, 0.2) is 72.8 Å². The molecule has 0 radical (unpaired) electrons. The molecule has 3 aromatic carbocycles. The van der Waals surface area contributed by atoms with Crippen molar-refractivity contribution in [1.29, 1.82) is 5.26 Å². The number of nitriles is 1. The molecule has 156 valence electrons. The van der Waals surface area contributed by atoms with Gasteiger partial charge in [0, 0.05) is 10.7 Å². The lowest BCUT2D eigenvalue weighted by Crippen LogP contribution is -2.58. The topological polar surface area (TPSA) is 65.4 Å². The maximum atomic E-state index is 13.3. The summed E-state index contributed by atoms with van der Waals surface area (Å²) in [4.78, 5) is 15.3. The number of benzene rings is 3. The molecule has 0 aromatic heterocycles. The van der Waals surface area contributed by atoms with E-state index in [-0.39, 0.29) is 6.61 Å². The normalized spacial score (nSPS) is 19.7. The number of carbonyl (C=O) groups is 1. The van der Waals surface area contributed by atoms with Crippen LogP contribution in [0.2, 0.25) is 5.02 Å². The highest BCUT2D eigenvalue weighted by Crippen LogP contribution is 2.50. The van der Waals surface area contributed by atoms with Gasteiger partial charge in [0.1, 0.15) is 12.1 Å². The Balaban J connectivity index is 2.04. The van der Waals surface area contributed by atoms with Crippen molar-refractivity contribution >= 4 is 34.6 Å². The Morgan fingerprint density at radius 2 is 1.87 bits per heavy atom. The SMILES string of the molecule is CCOC(=O)[C@@]1(C#N)Nc2ccc(Cl)cc2N(c2ccc(C)cc2)[C@H]1c1ccccc1. The molecular formula is C25H22ClN3O2.